The van der Waals surface area contributed by atoms with Crippen LogP contribution in [0.15, 0.2) is 24.3 Å². The number of anilines is 1. The molecule has 142 valence electrons. The van der Waals surface area contributed by atoms with Gasteiger partial charge in [0.25, 0.3) is 0 Å². The molecular formula is C19H22N4O4. The number of urea groups is 1. The topological polar surface area (TPSA) is 98.8 Å². The summed E-state index contributed by atoms with van der Waals surface area (Å²) in [6.45, 7) is 0.761. The second-order valence-corrected chi connectivity index (χ2v) is 7.43. The molecule has 4 rings (SSSR count). The molecule has 8 heteroatoms. The van der Waals surface area contributed by atoms with Gasteiger partial charge in [-0.05, 0) is 49.8 Å². The summed E-state index contributed by atoms with van der Waals surface area (Å²) in [6.07, 6.45) is 4.99. The first-order chi connectivity index (χ1) is 13.0. The van der Waals surface area contributed by atoms with Crippen LogP contribution in [-0.2, 0) is 20.9 Å². The Morgan fingerprint density at radius 1 is 1.15 bits per heavy atom. The van der Waals surface area contributed by atoms with E-state index in [2.05, 4.69) is 10.6 Å². The van der Waals surface area contributed by atoms with Crippen LogP contribution < -0.4 is 10.6 Å². The smallest absolute Gasteiger partial charge is 0.324 e. The van der Waals surface area contributed by atoms with Crippen LogP contribution in [0.4, 0.5) is 10.5 Å². The Hall–Kier alpha value is -2.90. The van der Waals surface area contributed by atoms with Crippen LogP contribution in [0.5, 0.6) is 0 Å². The van der Waals surface area contributed by atoms with Crippen molar-refractivity contribution in [2.75, 3.05) is 18.4 Å². The monoisotopic (exact) mass is 370 g/mol. The predicted molar refractivity (Wildman–Crippen MR) is 96.5 cm³/mol. The minimum Gasteiger partial charge on any atom is -0.329 e. The van der Waals surface area contributed by atoms with Gasteiger partial charge in [0, 0.05) is 17.8 Å². The maximum Gasteiger partial charge on any atom is 0.324 e. The summed E-state index contributed by atoms with van der Waals surface area (Å²) in [5, 5.41) is 5.13. The van der Waals surface area contributed by atoms with Crippen molar-refractivity contribution in [2.24, 2.45) is 0 Å². The Morgan fingerprint density at radius 2 is 1.93 bits per heavy atom. The van der Waals surface area contributed by atoms with E-state index in [0.717, 1.165) is 37.0 Å². The van der Waals surface area contributed by atoms with Crippen LogP contribution in [0.25, 0.3) is 0 Å². The zero-order valence-corrected chi connectivity index (χ0v) is 15.0. The van der Waals surface area contributed by atoms with Gasteiger partial charge in [0.1, 0.15) is 0 Å². The molecule has 0 bridgehead atoms. The highest BCUT2D eigenvalue weighted by Crippen LogP contribution is 2.45. The van der Waals surface area contributed by atoms with Gasteiger partial charge in [-0.15, -0.1) is 0 Å². The van der Waals surface area contributed by atoms with E-state index in [9.17, 15) is 19.2 Å². The summed E-state index contributed by atoms with van der Waals surface area (Å²) in [5.41, 5.74) is 1.07. The third kappa shape index (κ3) is 3.15. The number of rotatable bonds is 3. The SMILES string of the molecule is O=C(Nc1cccc(CN2C(=O)CNC2=O)c1)C(=O)N1CCCC12CCC2. The van der Waals surface area contributed by atoms with E-state index in [1.807, 2.05) is 0 Å². The van der Waals surface area contributed by atoms with Crippen molar-refractivity contribution in [3.8, 4) is 0 Å². The van der Waals surface area contributed by atoms with Crippen LogP contribution in [0.1, 0.15) is 37.7 Å². The number of nitrogens with one attached hydrogen (secondary N) is 2. The number of imide groups is 1. The molecular weight excluding hydrogens is 348 g/mol. The minimum absolute atomic E-state index is 0.00134. The number of nitrogens with zero attached hydrogens (tertiary/aromatic N) is 2. The normalized spacial score (nSPS) is 20.6. The van der Waals surface area contributed by atoms with E-state index >= 15 is 0 Å². The summed E-state index contributed by atoms with van der Waals surface area (Å²) >= 11 is 0. The number of likely N-dealkylation sites (tertiary alicyclic amines) is 1. The highest BCUT2D eigenvalue weighted by atomic mass is 16.2. The molecule has 3 fully saturated rings. The Balaban J connectivity index is 1.42. The Kier molecular flexibility index (Phi) is 4.33. The molecule has 2 N–H and O–H groups in total. The first kappa shape index (κ1) is 17.5. The van der Waals surface area contributed by atoms with Gasteiger partial charge in [-0.25, -0.2) is 4.79 Å². The first-order valence-corrected chi connectivity index (χ1v) is 9.29. The second kappa shape index (κ2) is 6.68. The third-order valence-corrected chi connectivity index (χ3v) is 5.78. The van der Waals surface area contributed by atoms with Crippen LogP contribution in [0.3, 0.4) is 0 Å². The van der Waals surface area contributed by atoms with Gasteiger partial charge in [0.2, 0.25) is 5.91 Å². The molecule has 1 saturated carbocycles. The zero-order chi connectivity index (χ0) is 19.0. The highest BCUT2D eigenvalue weighted by Gasteiger charge is 2.49. The molecule has 27 heavy (non-hydrogen) atoms. The molecule has 1 aliphatic carbocycles. The standard InChI is InChI=1S/C19H22N4O4/c24-15-11-20-18(27)22(15)12-13-4-1-5-14(10-13)21-16(25)17(26)23-9-3-8-19(23)6-2-7-19/h1,4-5,10H,2-3,6-9,11-12H2,(H,20,27)(H,21,25). The fraction of sp³-hybridized carbons (Fsp3) is 0.474. The Labute approximate surface area is 156 Å². The predicted octanol–water partition coefficient (Wildman–Crippen LogP) is 1.22. The Bertz CT molecular complexity index is 802. The summed E-state index contributed by atoms with van der Waals surface area (Å²) in [7, 11) is 0. The van der Waals surface area contributed by atoms with E-state index in [0.29, 0.717) is 17.8 Å². The average Bonchev–Trinajstić information content (AvgIpc) is 3.20. The van der Waals surface area contributed by atoms with E-state index in [1.54, 1.807) is 29.2 Å². The summed E-state index contributed by atoms with van der Waals surface area (Å²) in [4.78, 5) is 51.3. The van der Waals surface area contributed by atoms with Crippen molar-refractivity contribution in [2.45, 2.75) is 44.2 Å². The van der Waals surface area contributed by atoms with E-state index in [-0.39, 0.29) is 24.5 Å². The molecule has 1 aromatic rings. The van der Waals surface area contributed by atoms with Crippen molar-refractivity contribution < 1.29 is 19.2 Å². The second-order valence-electron chi connectivity index (χ2n) is 7.43. The number of hydrogen-bond donors (Lipinski definition) is 2. The summed E-state index contributed by atoms with van der Waals surface area (Å²) < 4.78 is 0. The number of benzene rings is 1. The van der Waals surface area contributed by atoms with Gasteiger partial charge in [0.15, 0.2) is 0 Å². The molecule has 1 aromatic carbocycles. The minimum atomic E-state index is -0.643. The number of carbonyl (C=O) groups is 4. The molecule has 2 heterocycles. The molecule has 0 aromatic heterocycles. The van der Waals surface area contributed by atoms with Crippen LogP contribution in [0, 0.1) is 0 Å². The van der Waals surface area contributed by atoms with Gasteiger partial charge in [0.05, 0.1) is 13.1 Å². The highest BCUT2D eigenvalue weighted by molar-refractivity contribution is 6.39. The molecule has 1 spiro atoms. The van der Waals surface area contributed by atoms with Crippen molar-refractivity contribution in [1.82, 2.24) is 15.1 Å². The lowest BCUT2D eigenvalue weighted by Gasteiger charge is -2.45. The first-order valence-electron chi connectivity index (χ1n) is 9.29. The van der Waals surface area contributed by atoms with Crippen molar-refractivity contribution >= 4 is 29.4 Å². The lowest BCUT2D eigenvalue weighted by Crippen LogP contribution is -2.54. The van der Waals surface area contributed by atoms with E-state index < -0.39 is 17.8 Å². The molecule has 0 unspecified atom stereocenters. The number of amides is 5. The molecule has 0 radical (unpaired) electrons. The van der Waals surface area contributed by atoms with E-state index in [1.165, 1.54) is 0 Å². The molecule has 5 amide bonds. The third-order valence-electron chi connectivity index (χ3n) is 5.78. The number of carbonyl (C=O) groups excluding carboxylic acids is 4. The van der Waals surface area contributed by atoms with E-state index in [4.69, 9.17) is 0 Å². The lowest BCUT2D eigenvalue weighted by molar-refractivity contribution is -0.148. The quantitative estimate of drug-likeness (QED) is 0.617. The molecule has 0 atom stereocenters. The lowest BCUT2D eigenvalue weighted by atomic mass is 9.75. The van der Waals surface area contributed by atoms with Crippen molar-refractivity contribution in [1.29, 1.82) is 0 Å². The maximum absolute atomic E-state index is 12.6. The molecule has 2 aliphatic heterocycles. The summed E-state index contributed by atoms with van der Waals surface area (Å²) in [5.74, 6) is -1.41. The van der Waals surface area contributed by atoms with Gasteiger partial charge in [-0.3, -0.25) is 19.3 Å². The van der Waals surface area contributed by atoms with Crippen molar-refractivity contribution in [3.63, 3.8) is 0 Å². The Morgan fingerprint density at radius 3 is 2.59 bits per heavy atom. The summed E-state index contributed by atoms with van der Waals surface area (Å²) in [6, 6.07) is 6.41. The number of hydrogen-bond acceptors (Lipinski definition) is 4. The van der Waals surface area contributed by atoms with Gasteiger partial charge >= 0.3 is 17.8 Å². The largest absolute Gasteiger partial charge is 0.329 e. The van der Waals surface area contributed by atoms with Crippen LogP contribution >= 0.6 is 0 Å². The fourth-order valence-corrected chi connectivity index (χ4v) is 4.21. The maximum atomic E-state index is 12.6. The zero-order valence-electron chi connectivity index (χ0n) is 15.0. The fourth-order valence-electron chi connectivity index (χ4n) is 4.21. The van der Waals surface area contributed by atoms with Crippen molar-refractivity contribution in [3.05, 3.63) is 29.8 Å². The molecule has 8 nitrogen and oxygen atoms in total. The van der Waals surface area contributed by atoms with Crippen LogP contribution in [0.2, 0.25) is 0 Å². The molecule has 2 saturated heterocycles. The van der Waals surface area contributed by atoms with Crippen LogP contribution in [-0.4, -0.2) is 52.2 Å². The average molecular weight is 370 g/mol. The van der Waals surface area contributed by atoms with Gasteiger partial charge in [-0.1, -0.05) is 12.1 Å². The van der Waals surface area contributed by atoms with Gasteiger partial charge in [-0.2, -0.15) is 0 Å². The molecule has 3 aliphatic rings. The van der Waals surface area contributed by atoms with Gasteiger partial charge < -0.3 is 15.5 Å².